The van der Waals surface area contributed by atoms with Crippen molar-refractivity contribution in [3.05, 3.63) is 53.5 Å². The van der Waals surface area contributed by atoms with Crippen LogP contribution < -0.4 is 10.6 Å². The van der Waals surface area contributed by atoms with Gasteiger partial charge in [0.1, 0.15) is 11.6 Å². The smallest absolute Gasteiger partial charge is 0.271 e. The van der Waals surface area contributed by atoms with Gasteiger partial charge in [0, 0.05) is 13.1 Å². The number of hydrogen-bond acceptors (Lipinski definition) is 4. The molecular weight excluding hydrogens is 307 g/mol. The van der Waals surface area contributed by atoms with E-state index in [4.69, 9.17) is 0 Å². The van der Waals surface area contributed by atoms with Gasteiger partial charge in [0.05, 0.1) is 0 Å². The number of benzene rings is 1. The number of carbonyl (C=O) groups excluding carboxylic acids is 1. The van der Waals surface area contributed by atoms with E-state index in [0.717, 1.165) is 31.2 Å². The Labute approximate surface area is 141 Å². The molecule has 0 radical (unpaired) electrons. The molecule has 0 unspecified atom stereocenters. The molecule has 0 atom stereocenters. The van der Waals surface area contributed by atoms with Crippen LogP contribution in [-0.4, -0.2) is 29.2 Å². The summed E-state index contributed by atoms with van der Waals surface area (Å²) in [4.78, 5) is 11.9. The van der Waals surface area contributed by atoms with Gasteiger partial charge in [-0.15, -0.1) is 10.2 Å². The molecule has 5 nitrogen and oxygen atoms in total. The van der Waals surface area contributed by atoms with Gasteiger partial charge in [0.25, 0.3) is 5.91 Å². The fraction of sp³-hybridized carbons (Fsp3) is 0.389. The van der Waals surface area contributed by atoms with Gasteiger partial charge in [-0.2, -0.15) is 0 Å². The van der Waals surface area contributed by atoms with E-state index in [0.29, 0.717) is 24.6 Å². The van der Waals surface area contributed by atoms with E-state index in [-0.39, 0.29) is 11.7 Å². The highest BCUT2D eigenvalue weighted by Gasteiger charge is 2.07. The van der Waals surface area contributed by atoms with Crippen LogP contribution in [0.5, 0.6) is 0 Å². The van der Waals surface area contributed by atoms with Crippen molar-refractivity contribution < 1.29 is 9.18 Å². The predicted octanol–water partition coefficient (Wildman–Crippen LogP) is 3.19. The van der Waals surface area contributed by atoms with Crippen molar-refractivity contribution in [3.63, 3.8) is 0 Å². The molecule has 0 spiro atoms. The zero-order valence-corrected chi connectivity index (χ0v) is 13.9. The normalized spacial score (nSPS) is 10.4. The number of carbonyl (C=O) groups is 1. The number of amides is 1. The standard InChI is InChI=1S/C18H23FN4O/c1-2-3-4-12-21-18(24)16-9-10-17(23-22-16)20-13-11-14-5-7-15(19)8-6-14/h5-10H,2-4,11-13H2,1H3,(H,20,23)(H,21,24). The highest BCUT2D eigenvalue weighted by Crippen LogP contribution is 2.06. The van der Waals surface area contributed by atoms with Crippen LogP contribution in [0.25, 0.3) is 0 Å². The highest BCUT2D eigenvalue weighted by atomic mass is 19.1. The van der Waals surface area contributed by atoms with Gasteiger partial charge in [-0.1, -0.05) is 31.9 Å². The van der Waals surface area contributed by atoms with Gasteiger partial charge < -0.3 is 10.6 Å². The van der Waals surface area contributed by atoms with E-state index in [1.165, 1.54) is 12.1 Å². The molecule has 0 fully saturated rings. The Bertz CT molecular complexity index is 628. The van der Waals surface area contributed by atoms with Gasteiger partial charge in [-0.3, -0.25) is 4.79 Å². The van der Waals surface area contributed by atoms with Gasteiger partial charge in [0.15, 0.2) is 5.69 Å². The number of halogens is 1. The van der Waals surface area contributed by atoms with Crippen molar-refractivity contribution >= 4 is 11.7 Å². The van der Waals surface area contributed by atoms with E-state index in [1.807, 2.05) is 0 Å². The van der Waals surface area contributed by atoms with E-state index in [9.17, 15) is 9.18 Å². The van der Waals surface area contributed by atoms with Crippen LogP contribution in [0, 0.1) is 5.82 Å². The molecule has 24 heavy (non-hydrogen) atoms. The Morgan fingerprint density at radius 3 is 2.50 bits per heavy atom. The number of rotatable bonds is 9. The molecule has 0 aliphatic rings. The number of nitrogens with one attached hydrogen (secondary N) is 2. The Kier molecular flexibility index (Phi) is 7.14. The molecule has 2 N–H and O–H groups in total. The Hall–Kier alpha value is -2.50. The maximum atomic E-state index is 12.8. The van der Waals surface area contributed by atoms with Crippen molar-refractivity contribution in [2.75, 3.05) is 18.4 Å². The lowest BCUT2D eigenvalue weighted by molar-refractivity contribution is 0.0947. The monoisotopic (exact) mass is 330 g/mol. The third-order valence-electron chi connectivity index (χ3n) is 3.60. The lowest BCUT2D eigenvalue weighted by Crippen LogP contribution is -2.25. The van der Waals surface area contributed by atoms with E-state index >= 15 is 0 Å². The molecule has 1 aromatic heterocycles. The zero-order chi connectivity index (χ0) is 17.2. The Balaban J connectivity index is 1.75. The Morgan fingerprint density at radius 2 is 1.83 bits per heavy atom. The molecule has 1 heterocycles. The second-order valence-corrected chi connectivity index (χ2v) is 5.57. The molecule has 6 heteroatoms. The molecular formula is C18H23FN4O. The molecule has 0 aliphatic carbocycles. The summed E-state index contributed by atoms with van der Waals surface area (Å²) in [7, 11) is 0. The fourth-order valence-electron chi connectivity index (χ4n) is 2.20. The summed E-state index contributed by atoms with van der Waals surface area (Å²) in [5, 5.41) is 13.9. The number of nitrogens with zero attached hydrogens (tertiary/aromatic N) is 2. The van der Waals surface area contributed by atoms with Crippen molar-refractivity contribution in [1.82, 2.24) is 15.5 Å². The first kappa shape index (κ1) is 17.8. The first-order chi connectivity index (χ1) is 11.7. The maximum Gasteiger partial charge on any atom is 0.271 e. The summed E-state index contributed by atoms with van der Waals surface area (Å²) in [5.74, 6) is 0.178. The quantitative estimate of drug-likeness (QED) is 0.693. The summed E-state index contributed by atoms with van der Waals surface area (Å²) in [6.45, 7) is 3.43. The molecule has 128 valence electrons. The molecule has 2 aromatic rings. The molecule has 2 rings (SSSR count). The van der Waals surface area contributed by atoms with Crippen LogP contribution in [-0.2, 0) is 6.42 Å². The summed E-state index contributed by atoms with van der Waals surface area (Å²) in [5.41, 5.74) is 1.36. The number of unbranched alkanes of at least 4 members (excludes halogenated alkanes) is 2. The summed E-state index contributed by atoms with van der Waals surface area (Å²) in [6, 6.07) is 9.80. The van der Waals surface area contributed by atoms with Gasteiger partial charge in [-0.05, 0) is 42.7 Å². The predicted molar refractivity (Wildman–Crippen MR) is 92.5 cm³/mol. The SMILES string of the molecule is CCCCCNC(=O)c1ccc(NCCc2ccc(F)cc2)nn1. The van der Waals surface area contributed by atoms with Crippen LogP contribution in [0.1, 0.15) is 42.2 Å². The highest BCUT2D eigenvalue weighted by molar-refractivity contribution is 5.92. The molecule has 1 aromatic carbocycles. The number of anilines is 1. The third-order valence-corrected chi connectivity index (χ3v) is 3.60. The largest absolute Gasteiger partial charge is 0.368 e. The third kappa shape index (κ3) is 5.95. The number of aromatic nitrogens is 2. The fourth-order valence-corrected chi connectivity index (χ4v) is 2.20. The molecule has 0 saturated carbocycles. The lowest BCUT2D eigenvalue weighted by atomic mass is 10.1. The second kappa shape index (κ2) is 9.60. The minimum atomic E-state index is -0.235. The zero-order valence-electron chi connectivity index (χ0n) is 13.9. The van der Waals surface area contributed by atoms with E-state index in [1.54, 1.807) is 24.3 Å². The number of hydrogen-bond donors (Lipinski definition) is 2. The summed E-state index contributed by atoms with van der Waals surface area (Å²) in [6.07, 6.45) is 3.94. The van der Waals surface area contributed by atoms with E-state index < -0.39 is 0 Å². The van der Waals surface area contributed by atoms with Crippen LogP contribution in [0.2, 0.25) is 0 Å². The molecule has 0 aliphatic heterocycles. The van der Waals surface area contributed by atoms with Crippen molar-refractivity contribution in [1.29, 1.82) is 0 Å². The van der Waals surface area contributed by atoms with Crippen molar-refractivity contribution in [2.45, 2.75) is 32.6 Å². The summed E-state index contributed by atoms with van der Waals surface area (Å²) < 4.78 is 12.8. The first-order valence-corrected chi connectivity index (χ1v) is 8.29. The van der Waals surface area contributed by atoms with Gasteiger partial charge in [-0.25, -0.2) is 4.39 Å². The van der Waals surface area contributed by atoms with Crippen molar-refractivity contribution in [3.8, 4) is 0 Å². The van der Waals surface area contributed by atoms with Crippen LogP contribution in [0.3, 0.4) is 0 Å². The first-order valence-electron chi connectivity index (χ1n) is 8.29. The Morgan fingerprint density at radius 1 is 1.04 bits per heavy atom. The lowest BCUT2D eigenvalue weighted by Gasteiger charge is -2.06. The average molecular weight is 330 g/mol. The van der Waals surface area contributed by atoms with Gasteiger partial charge >= 0.3 is 0 Å². The molecule has 1 amide bonds. The van der Waals surface area contributed by atoms with E-state index in [2.05, 4.69) is 27.8 Å². The van der Waals surface area contributed by atoms with Crippen LogP contribution in [0.15, 0.2) is 36.4 Å². The maximum absolute atomic E-state index is 12.8. The average Bonchev–Trinajstić information content (AvgIpc) is 2.61. The topological polar surface area (TPSA) is 66.9 Å². The minimum absolute atomic E-state index is 0.198. The van der Waals surface area contributed by atoms with Gasteiger partial charge in [0.2, 0.25) is 0 Å². The molecule has 0 bridgehead atoms. The minimum Gasteiger partial charge on any atom is -0.368 e. The van der Waals surface area contributed by atoms with Crippen LogP contribution in [0.4, 0.5) is 10.2 Å². The molecule has 0 saturated heterocycles. The van der Waals surface area contributed by atoms with Crippen molar-refractivity contribution in [2.24, 2.45) is 0 Å². The summed E-state index contributed by atoms with van der Waals surface area (Å²) >= 11 is 0. The van der Waals surface area contributed by atoms with Crippen LogP contribution >= 0.6 is 0 Å². The second-order valence-electron chi connectivity index (χ2n) is 5.57.